The summed E-state index contributed by atoms with van der Waals surface area (Å²) >= 11 is 0. The molecule has 10 heteroatoms. The Bertz CT molecular complexity index is 1120. The number of aliphatic imine (C=N–C) groups is 1. The summed E-state index contributed by atoms with van der Waals surface area (Å²) in [5, 5.41) is 2.91. The number of nitrogens with one attached hydrogen (secondary N) is 1. The predicted molar refractivity (Wildman–Crippen MR) is 122 cm³/mol. The SMILES string of the molecule is COc1ccc2c(c1)Oc1ccc(C(F)(F)F)cc1N=C2N1CCN(C(=O)NC(C)C)C(C)C1. The molecule has 0 aliphatic carbocycles. The number of carbonyl (C=O) groups is 1. The van der Waals surface area contributed by atoms with Crippen molar-refractivity contribution < 1.29 is 27.4 Å². The normalized spacial score (nSPS) is 17.9. The number of nitrogens with zero attached hydrogens (tertiary/aromatic N) is 3. The molecule has 4 rings (SSSR count). The van der Waals surface area contributed by atoms with Gasteiger partial charge < -0.3 is 24.6 Å². The van der Waals surface area contributed by atoms with Crippen LogP contribution in [0.4, 0.5) is 23.7 Å². The van der Waals surface area contributed by atoms with Gasteiger partial charge in [-0.05, 0) is 51.1 Å². The van der Waals surface area contributed by atoms with E-state index in [0.29, 0.717) is 42.5 Å². The molecule has 0 aromatic heterocycles. The minimum atomic E-state index is -4.50. The summed E-state index contributed by atoms with van der Waals surface area (Å²) in [5.41, 5.74) is -0.0736. The van der Waals surface area contributed by atoms with Crippen LogP contribution in [0.2, 0.25) is 0 Å². The van der Waals surface area contributed by atoms with E-state index >= 15 is 0 Å². The van der Waals surface area contributed by atoms with Gasteiger partial charge in [0.2, 0.25) is 0 Å². The lowest BCUT2D eigenvalue weighted by Gasteiger charge is -2.41. The summed E-state index contributed by atoms with van der Waals surface area (Å²) in [4.78, 5) is 20.9. The van der Waals surface area contributed by atoms with E-state index in [2.05, 4.69) is 10.3 Å². The molecule has 1 fully saturated rings. The average molecular weight is 476 g/mol. The third-order valence-electron chi connectivity index (χ3n) is 5.76. The molecule has 2 aliphatic heterocycles. The highest BCUT2D eigenvalue weighted by Gasteiger charge is 2.34. The first kappa shape index (κ1) is 23.7. The van der Waals surface area contributed by atoms with E-state index in [9.17, 15) is 18.0 Å². The van der Waals surface area contributed by atoms with E-state index in [0.717, 1.165) is 12.1 Å². The topological polar surface area (TPSA) is 66.4 Å². The van der Waals surface area contributed by atoms with Gasteiger partial charge in [-0.2, -0.15) is 13.2 Å². The molecule has 0 spiro atoms. The van der Waals surface area contributed by atoms with E-state index in [1.807, 2.05) is 25.7 Å². The molecule has 2 amide bonds. The molecule has 0 saturated carbocycles. The van der Waals surface area contributed by atoms with Crippen molar-refractivity contribution in [2.24, 2.45) is 4.99 Å². The molecule has 0 bridgehead atoms. The quantitative estimate of drug-likeness (QED) is 0.661. The van der Waals surface area contributed by atoms with E-state index in [1.165, 1.54) is 13.2 Å². The Morgan fingerprint density at radius 1 is 1.18 bits per heavy atom. The van der Waals surface area contributed by atoms with Crippen LogP contribution in [0.5, 0.6) is 17.2 Å². The smallest absolute Gasteiger partial charge is 0.416 e. The van der Waals surface area contributed by atoms with Crippen molar-refractivity contribution in [1.29, 1.82) is 0 Å². The number of fused-ring (bicyclic) bond motifs is 2. The van der Waals surface area contributed by atoms with Crippen LogP contribution in [-0.2, 0) is 6.18 Å². The van der Waals surface area contributed by atoms with Gasteiger partial charge in [-0.3, -0.25) is 0 Å². The molecule has 2 heterocycles. The Labute approximate surface area is 196 Å². The maximum Gasteiger partial charge on any atom is 0.416 e. The number of carbonyl (C=O) groups excluding carboxylic acids is 1. The number of halogens is 3. The molecule has 2 aromatic carbocycles. The second kappa shape index (κ2) is 9.08. The molecule has 34 heavy (non-hydrogen) atoms. The molecule has 1 saturated heterocycles. The molecule has 2 aromatic rings. The fraction of sp³-hybridized carbons (Fsp3) is 0.417. The lowest BCUT2D eigenvalue weighted by molar-refractivity contribution is -0.137. The van der Waals surface area contributed by atoms with Crippen LogP contribution < -0.4 is 14.8 Å². The molecule has 1 unspecified atom stereocenters. The highest BCUT2D eigenvalue weighted by molar-refractivity contribution is 6.04. The van der Waals surface area contributed by atoms with Gasteiger partial charge in [-0.25, -0.2) is 9.79 Å². The van der Waals surface area contributed by atoms with Crippen LogP contribution in [0, 0.1) is 0 Å². The molecular formula is C24H27F3N4O3. The van der Waals surface area contributed by atoms with Crippen molar-refractivity contribution in [2.75, 3.05) is 26.7 Å². The van der Waals surface area contributed by atoms with E-state index in [-0.39, 0.29) is 29.6 Å². The lowest BCUT2D eigenvalue weighted by Crippen LogP contribution is -2.58. The summed E-state index contributed by atoms with van der Waals surface area (Å²) in [6.45, 7) is 7.11. The van der Waals surface area contributed by atoms with Crippen molar-refractivity contribution in [3.63, 3.8) is 0 Å². The minimum Gasteiger partial charge on any atom is -0.497 e. The van der Waals surface area contributed by atoms with Crippen LogP contribution in [-0.4, -0.2) is 60.5 Å². The summed E-state index contributed by atoms with van der Waals surface area (Å²) in [7, 11) is 1.53. The molecule has 0 radical (unpaired) electrons. The largest absolute Gasteiger partial charge is 0.497 e. The highest BCUT2D eigenvalue weighted by atomic mass is 19.4. The van der Waals surface area contributed by atoms with Crippen molar-refractivity contribution in [1.82, 2.24) is 15.1 Å². The number of alkyl halides is 3. The maximum absolute atomic E-state index is 13.4. The second-order valence-electron chi connectivity index (χ2n) is 8.67. The number of urea groups is 1. The zero-order chi connectivity index (χ0) is 24.6. The first-order valence-corrected chi connectivity index (χ1v) is 11.0. The minimum absolute atomic E-state index is 0.0160. The van der Waals surface area contributed by atoms with Crippen molar-refractivity contribution >= 4 is 17.6 Å². The fourth-order valence-electron chi connectivity index (χ4n) is 4.08. The summed E-state index contributed by atoms with van der Waals surface area (Å²) in [6.07, 6.45) is -4.50. The van der Waals surface area contributed by atoms with Crippen molar-refractivity contribution in [3.8, 4) is 17.2 Å². The standard InChI is InChI=1S/C24H27F3N4O3/c1-14(2)28-23(32)31-10-9-30(13-15(31)3)22-18-7-6-17(33-4)12-21(18)34-20-8-5-16(24(25,26)27)11-19(20)29-22/h5-8,11-12,14-15H,9-10,13H2,1-4H3,(H,28,32). The van der Waals surface area contributed by atoms with E-state index in [1.54, 1.807) is 23.1 Å². The first-order valence-electron chi connectivity index (χ1n) is 11.0. The molecule has 7 nitrogen and oxygen atoms in total. The Balaban J connectivity index is 1.73. The number of piperazine rings is 1. The van der Waals surface area contributed by atoms with E-state index in [4.69, 9.17) is 9.47 Å². The molecule has 2 aliphatic rings. The fourth-order valence-corrected chi connectivity index (χ4v) is 4.08. The maximum atomic E-state index is 13.4. The van der Waals surface area contributed by atoms with Crippen LogP contribution in [0.15, 0.2) is 41.4 Å². The van der Waals surface area contributed by atoms with Gasteiger partial charge in [-0.1, -0.05) is 0 Å². The van der Waals surface area contributed by atoms with Crippen LogP contribution in [0.1, 0.15) is 31.9 Å². The first-order chi connectivity index (χ1) is 16.1. The van der Waals surface area contributed by atoms with E-state index < -0.39 is 11.7 Å². The number of methoxy groups -OCH3 is 1. The molecule has 1 N–H and O–H groups in total. The van der Waals surface area contributed by atoms with Gasteiger partial charge in [0.25, 0.3) is 0 Å². The number of hydrogen-bond donors (Lipinski definition) is 1. The number of benzene rings is 2. The summed E-state index contributed by atoms with van der Waals surface area (Å²) in [6, 6.07) is 8.22. The molecular weight excluding hydrogens is 449 g/mol. The molecule has 1 atom stereocenters. The van der Waals surface area contributed by atoms with Gasteiger partial charge in [0.05, 0.1) is 18.2 Å². The lowest BCUT2D eigenvalue weighted by atomic mass is 10.1. The van der Waals surface area contributed by atoms with Crippen LogP contribution >= 0.6 is 0 Å². The van der Waals surface area contributed by atoms with Gasteiger partial charge in [0.1, 0.15) is 23.0 Å². The zero-order valence-corrected chi connectivity index (χ0v) is 19.4. The molecule has 182 valence electrons. The second-order valence-corrected chi connectivity index (χ2v) is 8.67. The van der Waals surface area contributed by atoms with Crippen molar-refractivity contribution in [3.05, 3.63) is 47.5 Å². The Kier molecular flexibility index (Phi) is 6.33. The highest BCUT2D eigenvalue weighted by Crippen LogP contribution is 2.42. The Hall–Kier alpha value is -3.43. The Morgan fingerprint density at radius 2 is 1.94 bits per heavy atom. The Morgan fingerprint density at radius 3 is 2.59 bits per heavy atom. The van der Waals surface area contributed by atoms with Crippen LogP contribution in [0.3, 0.4) is 0 Å². The number of amides is 2. The monoisotopic (exact) mass is 476 g/mol. The number of rotatable bonds is 2. The van der Waals surface area contributed by atoms with Gasteiger partial charge in [-0.15, -0.1) is 0 Å². The van der Waals surface area contributed by atoms with Gasteiger partial charge in [0.15, 0.2) is 5.75 Å². The third-order valence-corrected chi connectivity index (χ3v) is 5.76. The third kappa shape index (κ3) is 4.76. The van der Waals surface area contributed by atoms with Gasteiger partial charge >= 0.3 is 12.2 Å². The number of ether oxygens (including phenoxy) is 2. The van der Waals surface area contributed by atoms with Crippen molar-refractivity contribution in [2.45, 2.75) is 39.0 Å². The predicted octanol–water partition coefficient (Wildman–Crippen LogP) is 5.02. The average Bonchev–Trinajstić information content (AvgIpc) is 2.93. The summed E-state index contributed by atoms with van der Waals surface area (Å²) < 4.78 is 51.4. The zero-order valence-electron chi connectivity index (χ0n) is 19.4. The number of hydrogen-bond acceptors (Lipinski definition) is 5. The van der Waals surface area contributed by atoms with Gasteiger partial charge in [0, 0.05) is 37.8 Å². The van der Waals surface area contributed by atoms with Crippen LogP contribution in [0.25, 0.3) is 0 Å². The number of amidine groups is 1. The summed E-state index contributed by atoms with van der Waals surface area (Å²) in [5.74, 6) is 1.70.